The number of alkyl halides is 6. The van der Waals surface area contributed by atoms with Crippen molar-refractivity contribution in [1.82, 2.24) is 0 Å². The van der Waals surface area contributed by atoms with E-state index in [1.165, 1.54) is 12.1 Å². The minimum atomic E-state index is -5.74. The number of methoxy groups -OCH3 is 1. The van der Waals surface area contributed by atoms with Gasteiger partial charge in [-0.1, -0.05) is 37.6 Å². The lowest BCUT2D eigenvalue weighted by molar-refractivity contribution is -0.383. The van der Waals surface area contributed by atoms with Gasteiger partial charge in [-0.05, 0) is 24.6 Å². The average Bonchev–Trinajstić information content (AvgIpc) is 2.67. The normalized spacial score (nSPS) is 12.8. The number of unbranched alkanes of at least 4 members (excludes halogenated alkanes) is 1. The van der Waals surface area contributed by atoms with E-state index in [1.807, 2.05) is 6.92 Å². The summed E-state index contributed by atoms with van der Waals surface area (Å²) in [6.07, 6.45) is -10.1. The number of nitrogens with zero attached hydrogens (tertiary/aromatic N) is 1. The third kappa shape index (κ3) is 4.89. The molecule has 0 aliphatic rings. The molecule has 2 aromatic rings. The van der Waals surface area contributed by atoms with Gasteiger partial charge in [0.15, 0.2) is 11.6 Å². The van der Waals surface area contributed by atoms with Crippen LogP contribution in [0.25, 0.3) is 0 Å². The molecule has 0 saturated heterocycles. The van der Waals surface area contributed by atoms with Gasteiger partial charge in [0.25, 0.3) is 5.60 Å². The Bertz CT molecular complexity index is 850. The maximum atomic E-state index is 13.6. The van der Waals surface area contributed by atoms with Gasteiger partial charge in [-0.15, -0.1) is 0 Å². The van der Waals surface area contributed by atoms with Crippen LogP contribution in [0.3, 0.4) is 0 Å². The fourth-order valence-electron chi connectivity index (χ4n) is 3.29. The van der Waals surface area contributed by atoms with Crippen molar-refractivity contribution in [2.45, 2.75) is 44.3 Å². The van der Waals surface area contributed by atoms with Crippen LogP contribution in [0.2, 0.25) is 0 Å². The van der Waals surface area contributed by atoms with Crippen LogP contribution in [0.1, 0.15) is 30.9 Å². The summed E-state index contributed by atoms with van der Waals surface area (Å²) in [7, 11) is 0.356. The van der Waals surface area contributed by atoms with E-state index < -0.39 is 35.1 Å². The van der Waals surface area contributed by atoms with Crippen molar-refractivity contribution in [1.29, 1.82) is 0 Å². The van der Waals surface area contributed by atoms with E-state index in [2.05, 4.69) is 4.74 Å². The first-order valence-corrected chi connectivity index (χ1v) is 9.39. The zero-order valence-electron chi connectivity index (χ0n) is 16.8. The molecule has 0 bridgehead atoms. The van der Waals surface area contributed by atoms with Gasteiger partial charge in [0.05, 0.1) is 0 Å². The number of rotatable bonds is 8. The number of halogens is 7. The quantitative estimate of drug-likeness (QED) is 0.476. The molecule has 0 atom stereocenters. The average molecular weight is 453 g/mol. The van der Waals surface area contributed by atoms with Crippen LogP contribution in [0.15, 0.2) is 42.5 Å². The Morgan fingerprint density at radius 2 is 1.52 bits per heavy atom. The highest BCUT2D eigenvalue weighted by Gasteiger charge is 2.72. The molecule has 2 aromatic carbocycles. The Morgan fingerprint density at radius 1 is 0.935 bits per heavy atom. The largest absolute Gasteiger partial charge is 0.505 e. The summed E-state index contributed by atoms with van der Waals surface area (Å²) in [5.74, 6) is -1.39. The van der Waals surface area contributed by atoms with Gasteiger partial charge in [-0.3, -0.25) is 0 Å². The maximum Gasteiger partial charge on any atom is 0.430 e. The lowest BCUT2D eigenvalue weighted by Crippen LogP contribution is -2.55. The molecule has 172 valence electrons. The number of benzene rings is 2. The first-order chi connectivity index (χ1) is 14.4. The monoisotopic (exact) mass is 453 g/mol. The van der Waals surface area contributed by atoms with Crippen LogP contribution in [0.5, 0.6) is 5.75 Å². The molecule has 0 heterocycles. The Hall–Kier alpha value is -2.49. The number of phenols is 1. The fraction of sp³-hybridized carbons (Fsp3) is 0.429. The van der Waals surface area contributed by atoms with Gasteiger partial charge in [-0.25, -0.2) is 4.39 Å². The van der Waals surface area contributed by atoms with Crippen molar-refractivity contribution < 1.29 is 40.6 Å². The van der Waals surface area contributed by atoms with Crippen LogP contribution < -0.4 is 4.90 Å². The number of phenolic OH excluding ortho intramolecular Hbond substituents is 1. The number of ether oxygens (including phenoxy) is 1. The van der Waals surface area contributed by atoms with Crippen molar-refractivity contribution >= 4 is 5.69 Å². The van der Waals surface area contributed by atoms with Crippen molar-refractivity contribution in [2.75, 3.05) is 18.6 Å². The second-order valence-electron chi connectivity index (χ2n) is 6.95. The minimum Gasteiger partial charge on any atom is -0.505 e. The van der Waals surface area contributed by atoms with E-state index in [-0.39, 0.29) is 12.1 Å². The fourth-order valence-corrected chi connectivity index (χ4v) is 3.29. The van der Waals surface area contributed by atoms with Crippen molar-refractivity contribution in [2.24, 2.45) is 0 Å². The highest BCUT2D eigenvalue weighted by atomic mass is 19.4. The summed E-state index contributed by atoms with van der Waals surface area (Å²) >= 11 is 0. The minimum absolute atomic E-state index is 0.0108. The summed E-state index contributed by atoms with van der Waals surface area (Å²) in [6.45, 7) is 2.30. The molecule has 0 spiro atoms. The molecular weight excluding hydrogens is 431 g/mol. The van der Waals surface area contributed by atoms with Gasteiger partial charge in [0, 0.05) is 37.0 Å². The van der Waals surface area contributed by atoms with Crippen LogP contribution in [0, 0.1) is 5.82 Å². The second kappa shape index (κ2) is 9.33. The molecule has 0 unspecified atom stereocenters. The standard InChI is InChI=1S/C21H22F7NO2/c1-3-4-12-29(13-14-6-5-7-17(22)18(14)30)16-10-8-15(9-11-16)19(31-2,20(23,24)25)21(26,27)28/h5-11,30H,3-4,12-13H2,1-2H3. The molecule has 0 aromatic heterocycles. The smallest absolute Gasteiger partial charge is 0.430 e. The molecule has 2 rings (SSSR count). The van der Waals surface area contributed by atoms with Crippen molar-refractivity contribution in [3.63, 3.8) is 0 Å². The highest BCUT2D eigenvalue weighted by molar-refractivity contribution is 5.50. The van der Waals surface area contributed by atoms with E-state index in [1.54, 1.807) is 4.90 Å². The Labute approximate surface area is 175 Å². The van der Waals surface area contributed by atoms with Gasteiger partial charge in [-0.2, -0.15) is 26.3 Å². The first kappa shape index (κ1) is 24.8. The molecule has 0 amide bonds. The second-order valence-corrected chi connectivity index (χ2v) is 6.95. The number of aromatic hydroxyl groups is 1. The maximum absolute atomic E-state index is 13.6. The summed E-state index contributed by atoms with van der Waals surface area (Å²) < 4.78 is 98.2. The summed E-state index contributed by atoms with van der Waals surface area (Å²) in [5.41, 5.74) is -5.02. The van der Waals surface area contributed by atoms with Gasteiger partial charge in [0.1, 0.15) is 0 Å². The topological polar surface area (TPSA) is 32.7 Å². The molecule has 31 heavy (non-hydrogen) atoms. The Morgan fingerprint density at radius 3 is 2.00 bits per heavy atom. The predicted molar refractivity (Wildman–Crippen MR) is 101 cm³/mol. The SMILES string of the molecule is CCCCN(Cc1cccc(F)c1O)c1ccc(C(OC)(C(F)(F)F)C(F)(F)F)cc1. The molecule has 0 radical (unpaired) electrons. The van der Waals surface area contributed by atoms with Crippen LogP contribution in [0.4, 0.5) is 36.4 Å². The number of hydrogen-bond donors (Lipinski definition) is 1. The molecule has 0 saturated carbocycles. The van der Waals surface area contributed by atoms with Crippen molar-refractivity contribution in [3.05, 3.63) is 59.4 Å². The third-order valence-electron chi connectivity index (χ3n) is 4.96. The van der Waals surface area contributed by atoms with E-state index in [4.69, 9.17) is 0 Å². The molecule has 0 fully saturated rings. The van der Waals surface area contributed by atoms with Crippen LogP contribution >= 0.6 is 0 Å². The highest BCUT2D eigenvalue weighted by Crippen LogP contribution is 2.52. The van der Waals surface area contributed by atoms with Gasteiger partial charge >= 0.3 is 12.4 Å². The number of hydrogen-bond acceptors (Lipinski definition) is 3. The zero-order chi connectivity index (χ0) is 23.4. The lowest BCUT2D eigenvalue weighted by atomic mass is 9.91. The molecule has 0 aliphatic carbocycles. The van der Waals surface area contributed by atoms with Gasteiger partial charge in [0.2, 0.25) is 0 Å². The molecule has 10 heteroatoms. The van der Waals surface area contributed by atoms with E-state index in [0.29, 0.717) is 37.9 Å². The predicted octanol–water partition coefficient (Wildman–Crippen LogP) is 6.30. The van der Waals surface area contributed by atoms with E-state index in [0.717, 1.165) is 24.6 Å². The third-order valence-corrected chi connectivity index (χ3v) is 4.96. The van der Waals surface area contributed by atoms with Gasteiger partial charge < -0.3 is 14.7 Å². The molecule has 3 nitrogen and oxygen atoms in total. The summed E-state index contributed by atoms with van der Waals surface area (Å²) in [4.78, 5) is 1.64. The zero-order valence-corrected chi connectivity index (χ0v) is 16.8. The Kier molecular flexibility index (Phi) is 7.46. The van der Waals surface area contributed by atoms with Crippen LogP contribution in [-0.4, -0.2) is 31.1 Å². The number of para-hydroxylation sites is 1. The Balaban J connectivity index is 2.45. The van der Waals surface area contributed by atoms with E-state index in [9.17, 15) is 35.8 Å². The lowest BCUT2D eigenvalue weighted by Gasteiger charge is -2.36. The summed E-state index contributed by atoms with van der Waals surface area (Å²) in [5, 5.41) is 9.91. The summed E-state index contributed by atoms with van der Waals surface area (Å²) in [6, 6.07) is 7.61. The molecule has 0 aliphatic heterocycles. The number of anilines is 1. The van der Waals surface area contributed by atoms with Crippen molar-refractivity contribution in [3.8, 4) is 5.75 Å². The van der Waals surface area contributed by atoms with E-state index >= 15 is 0 Å². The van der Waals surface area contributed by atoms with Crippen LogP contribution in [-0.2, 0) is 16.9 Å². The molecular formula is C21H22F7NO2. The first-order valence-electron chi connectivity index (χ1n) is 9.39. The molecule has 1 N–H and O–H groups in total.